The Balaban J connectivity index is 1.27. The summed E-state index contributed by atoms with van der Waals surface area (Å²) in [5.74, 6) is 0.633. The number of carbonyl (C=O) groups excluding carboxylic acids is 1. The molecule has 0 aliphatic carbocycles. The number of benzene rings is 3. The second kappa shape index (κ2) is 11.4. The second-order valence-electron chi connectivity index (χ2n) is 9.01. The Labute approximate surface area is 231 Å². The summed E-state index contributed by atoms with van der Waals surface area (Å²) in [6.07, 6.45) is -4.14. The van der Waals surface area contributed by atoms with Gasteiger partial charge in [0.15, 0.2) is 0 Å². The Morgan fingerprint density at radius 3 is 2.55 bits per heavy atom. The number of para-hydroxylation sites is 1. The van der Waals surface area contributed by atoms with Crippen LogP contribution < -0.4 is 15.6 Å². The molecule has 0 saturated carbocycles. The molecule has 12 heteroatoms. The number of rotatable bonds is 9. The first-order valence-corrected chi connectivity index (χ1v) is 12.8. The van der Waals surface area contributed by atoms with Gasteiger partial charge in [-0.1, -0.05) is 41.9 Å². The van der Waals surface area contributed by atoms with Gasteiger partial charge < -0.3 is 10.1 Å². The van der Waals surface area contributed by atoms with E-state index in [1.165, 1.54) is 16.7 Å². The molecule has 0 radical (unpaired) electrons. The van der Waals surface area contributed by atoms with E-state index in [9.17, 15) is 22.8 Å². The maximum atomic E-state index is 13.3. The van der Waals surface area contributed by atoms with Crippen molar-refractivity contribution < 1.29 is 22.7 Å². The topological polar surface area (TPSA) is 90.5 Å². The van der Waals surface area contributed by atoms with Gasteiger partial charge in [0.05, 0.1) is 29.6 Å². The maximum Gasteiger partial charge on any atom is 0.416 e. The summed E-state index contributed by atoms with van der Waals surface area (Å²) >= 11 is 6.00. The van der Waals surface area contributed by atoms with Crippen molar-refractivity contribution in [2.45, 2.75) is 25.6 Å². The second-order valence-corrected chi connectivity index (χ2v) is 9.45. The fraction of sp³-hybridized carbons (Fsp3) is 0.214. The van der Waals surface area contributed by atoms with Crippen LogP contribution in [0.25, 0.3) is 16.7 Å². The van der Waals surface area contributed by atoms with Gasteiger partial charge in [-0.15, -0.1) is 10.2 Å². The average Bonchev–Trinajstić information content (AvgIpc) is 3.37. The number of alkyl halides is 3. The minimum absolute atomic E-state index is 0.00251. The number of amides is 1. The zero-order valence-corrected chi connectivity index (χ0v) is 21.7. The third kappa shape index (κ3) is 5.94. The number of nitrogens with one attached hydrogen (secondary N) is 1. The molecule has 2 aromatic heterocycles. The summed E-state index contributed by atoms with van der Waals surface area (Å²) < 4.78 is 47.2. The molecule has 0 atom stereocenters. The van der Waals surface area contributed by atoms with Crippen molar-refractivity contribution in [3.8, 4) is 5.75 Å². The Bertz CT molecular complexity index is 1730. The van der Waals surface area contributed by atoms with E-state index in [0.717, 1.165) is 17.7 Å². The van der Waals surface area contributed by atoms with Crippen LogP contribution in [-0.4, -0.2) is 38.2 Å². The molecule has 5 rings (SSSR count). The van der Waals surface area contributed by atoms with Crippen LogP contribution >= 0.6 is 11.6 Å². The molecule has 8 nitrogen and oxygen atoms in total. The first-order chi connectivity index (χ1) is 19.2. The molecule has 0 saturated heterocycles. The zero-order valence-electron chi connectivity index (χ0n) is 21.0. The fourth-order valence-corrected chi connectivity index (χ4v) is 4.45. The Kier molecular flexibility index (Phi) is 7.74. The van der Waals surface area contributed by atoms with Gasteiger partial charge in [0.1, 0.15) is 18.2 Å². The summed E-state index contributed by atoms with van der Waals surface area (Å²) in [7, 11) is 0. The van der Waals surface area contributed by atoms with Crippen molar-refractivity contribution in [1.82, 2.24) is 24.5 Å². The minimum Gasteiger partial charge on any atom is -0.492 e. The lowest BCUT2D eigenvalue weighted by Crippen LogP contribution is -2.28. The van der Waals surface area contributed by atoms with Gasteiger partial charge >= 0.3 is 6.18 Å². The number of carbonyl (C=O) groups is 1. The molecule has 1 N–H and O–H groups in total. The highest BCUT2D eigenvalue weighted by Crippen LogP contribution is 2.31. The van der Waals surface area contributed by atoms with E-state index in [1.54, 1.807) is 34.7 Å². The molecule has 3 aromatic carbocycles. The molecule has 0 fully saturated rings. The number of ether oxygens (including phenoxy) is 1. The standard InChI is InChI=1S/C28H23ClF3N5O3/c29-20-10-8-18(9-11-20)17-36-26(39)22-6-1-2-7-23(22)37-24(34-35-27(36)37)12-13-25(38)33-14-15-40-21-5-3-4-19(16-21)28(30,31)32/h1-11,16H,12-15,17H2,(H,33,38). The van der Waals surface area contributed by atoms with Crippen LogP contribution in [0.3, 0.4) is 0 Å². The highest BCUT2D eigenvalue weighted by Gasteiger charge is 2.30. The van der Waals surface area contributed by atoms with Crippen molar-refractivity contribution in [2.75, 3.05) is 13.2 Å². The first kappa shape index (κ1) is 27.2. The lowest BCUT2D eigenvalue weighted by atomic mass is 10.2. The van der Waals surface area contributed by atoms with Gasteiger partial charge in [0.2, 0.25) is 11.7 Å². The van der Waals surface area contributed by atoms with Crippen molar-refractivity contribution in [3.05, 3.63) is 105 Å². The monoisotopic (exact) mass is 569 g/mol. The Morgan fingerprint density at radius 2 is 1.77 bits per heavy atom. The summed E-state index contributed by atoms with van der Waals surface area (Å²) in [4.78, 5) is 25.8. The predicted molar refractivity (Wildman–Crippen MR) is 144 cm³/mol. The van der Waals surface area contributed by atoms with Gasteiger partial charge in [-0.3, -0.25) is 18.6 Å². The SMILES string of the molecule is O=C(CCc1nnc2n(Cc3ccc(Cl)cc3)c(=O)c3ccccc3n12)NCCOc1cccc(C(F)(F)F)c1. The molecule has 5 aromatic rings. The number of hydrogen-bond acceptors (Lipinski definition) is 5. The van der Waals surface area contributed by atoms with E-state index in [-0.39, 0.29) is 49.8 Å². The molecule has 1 amide bonds. The Morgan fingerprint density at radius 1 is 1.00 bits per heavy atom. The molecule has 0 spiro atoms. The van der Waals surface area contributed by atoms with Crippen molar-refractivity contribution in [1.29, 1.82) is 0 Å². The van der Waals surface area contributed by atoms with Crippen LogP contribution in [0.1, 0.15) is 23.4 Å². The number of nitrogens with zero attached hydrogens (tertiary/aromatic N) is 4. The largest absolute Gasteiger partial charge is 0.492 e. The van der Waals surface area contributed by atoms with Crippen molar-refractivity contribution in [3.63, 3.8) is 0 Å². The molecule has 40 heavy (non-hydrogen) atoms. The van der Waals surface area contributed by atoms with E-state index >= 15 is 0 Å². The van der Waals surface area contributed by atoms with Gasteiger partial charge in [-0.2, -0.15) is 13.2 Å². The van der Waals surface area contributed by atoms with Gasteiger partial charge in [0, 0.05) is 17.9 Å². The summed E-state index contributed by atoms with van der Waals surface area (Å²) in [6, 6.07) is 18.8. The molecule has 2 heterocycles. The average molecular weight is 570 g/mol. The number of aromatic nitrogens is 4. The van der Waals surface area contributed by atoms with E-state index in [4.69, 9.17) is 16.3 Å². The fourth-order valence-electron chi connectivity index (χ4n) is 4.33. The summed E-state index contributed by atoms with van der Waals surface area (Å²) in [5, 5.41) is 12.3. The third-order valence-electron chi connectivity index (χ3n) is 6.26. The molecular weight excluding hydrogens is 547 g/mol. The smallest absolute Gasteiger partial charge is 0.416 e. The normalized spacial score (nSPS) is 11.7. The predicted octanol–water partition coefficient (Wildman–Crippen LogP) is 4.89. The lowest BCUT2D eigenvalue weighted by molar-refractivity contribution is -0.137. The van der Waals surface area contributed by atoms with Gasteiger partial charge in [-0.05, 0) is 48.0 Å². The van der Waals surface area contributed by atoms with E-state index in [0.29, 0.717) is 27.5 Å². The van der Waals surface area contributed by atoms with E-state index < -0.39 is 11.7 Å². The third-order valence-corrected chi connectivity index (χ3v) is 6.51. The zero-order chi connectivity index (χ0) is 28.3. The highest BCUT2D eigenvalue weighted by atomic mass is 35.5. The number of halogens is 4. The molecular formula is C28H23ClF3N5O3. The summed E-state index contributed by atoms with van der Waals surface area (Å²) in [5.41, 5.74) is 0.473. The van der Waals surface area contributed by atoms with Crippen molar-refractivity contribution in [2.24, 2.45) is 0 Å². The van der Waals surface area contributed by atoms with Crippen LogP contribution in [0.15, 0.2) is 77.6 Å². The van der Waals surface area contributed by atoms with E-state index in [2.05, 4.69) is 15.5 Å². The highest BCUT2D eigenvalue weighted by molar-refractivity contribution is 6.30. The van der Waals surface area contributed by atoms with E-state index in [1.807, 2.05) is 18.2 Å². The molecule has 0 aliphatic heterocycles. The van der Waals surface area contributed by atoms with Crippen molar-refractivity contribution >= 4 is 34.2 Å². The van der Waals surface area contributed by atoms with Crippen LogP contribution in [0.2, 0.25) is 5.02 Å². The van der Waals surface area contributed by atoms with Crippen LogP contribution in [-0.2, 0) is 23.9 Å². The van der Waals surface area contributed by atoms with Gasteiger partial charge in [0.25, 0.3) is 5.56 Å². The maximum absolute atomic E-state index is 13.3. The number of aryl methyl sites for hydroxylation is 1. The number of fused-ring (bicyclic) bond motifs is 3. The van der Waals surface area contributed by atoms with Crippen LogP contribution in [0.5, 0.6) is 5.75 Å². The van der Waals surface area contributed by atoms with Gasteiger partial charge in [-0.25, -0.2) is 0 Å². The number of hydrogen-bond donors (Lipinski definition) is 1. The molecule has 0 unspecified atom stereocenters. The van der Waals surface area contributed by atoms with Crippen LogP contribution in [0, 0.1) is 0 Å². The molecule has 206 valence electrons. The molecule has 0 aliphatic rings. The summed E-state index contributed by atoms with van der Waals surface area (Å²) in [6.45, 7) is 0.372. The molecule has 0 bridgehead atoms. The van der Waals surface area contributed by atoms with Crippen LogP contribution in [0.4, 0.5) is 13.2 Å². The lowest BCUT2D eigenvalue weighted by Gasteiger charge is -2.12. The quantitative estimate of drug-likeness (QED) is 0.255. The first-order valence-electron chi connectivity index (χ1n) is 12.4. The minimum atomic E-state index is -4.46. The Hall–Kier alpha value is -4.38.